The third-order valence-corrected chi connectivity index (χ3v) is 4.15. The summed E-state index contributed by atoms with van der Waals surface area (Å²) in [6, 6.07) is 1.80. The van der Waals surface area contributed by atoms with Gasteiger partial charge < -0.3 is 4.74 Å². The predicted octanol–water partition coefficient (Wildman–Crippen LogP) is 2.97. The summed E-state index contributed by atoms with van der Waals surface area (Å²) in [5, 5.41) is 0.470. The van der Waals surface area contributed by atoms with Crippen LogP contribution in [-0.2, 0) is 9.53 Å². The number of ether oxygens (including phenoxy) is 1. The van der Waals surface area contributed by atoms with Crippen LogP contribution in [0.25, 0.3) is 0 Å². The molecule has 0 aliphatic heterocycles. The molecule has 7 heteroatoms. The van der Waals surface area contributed by atoms with E-state index in [0.717, 1.165) is 4.90 Å². The molecule has 5 nitrogen and oxygen atoms in total. The highest BCUT2D eigenvalue weighted by atomic mass is 35.5. The van der Waals surface area contributed by atoms with E-state index in [1.165, 1.54) is 11.8 Å². The highest BCUT2D eigenvalue weighted by Crippen LogP contribution is 2.29. The van der Waals surface area contributed by atoms with Gasteiger partial charge in [0.25, 0.3) is 0 Å². The van der Waals surface area contributed by atoms with E-state index in [1.807, 2.05) is 0 Å². The van der Waals surface area contributed by atoms with E-state index in [1.54, 1.807) is 37.8 Å². The van der Waals surface area contributed by atoms with E-state index >= 15 is 0 Å². The Morgan fingerprint density at radius 3 is 2.91 bits per heavy atom. The molecule has 2 aromatic rings. The molecule has 0 bridgehead atoms. The molecule has 0 aliphatic carbocycles. The first-order valence-corrected chi connectivity index (χ1v) is 8.28. The number of rotatable bonds is 5. The van der Waals surface area contributed by atoms with Crippen LogP contribution < -0.4 is 0 Å². The highest BCUT2D eigenvalue weighted by Gasteiger charge is 2.08. The van der Waals surface area contributed by atoms with Crippen LogP contribution in [0.4, 0.5) is 0 Å². The molecule has 0 saturated carbocycles. The quantitative estimate of drug-likeness (QED) is 0.470. The van der Waals surface area contributed by atoms with Crippen molar-refractivity contribution in [3.63, 3.8) is 0 Å². The van der Waals surface area contributed by atoms with Gasteiger partial charge >= 0.3 is 5.97 Å². The van der Waals surface area contributed by atoms with Gasteiger partial charge in [-0.05, 0) is 24.8 Å². The minimum Gasteiger partial charge on any atom is -0.466 e. The average Bonchev–Trinajstić information content (AvgIpc) is 2.56. The van der Waals surface area contributed by atoms with Crippen LogP contribution in [0.3, 0.4) is 0 Å². The Hall–Kier alpha value is -2.10. The van der Waals surface area contributed by atoms with E-state index in [4.69, 9.17) is 16.3 Å². The normalized spacial score (nSPS) is 9.83. The summed E-state index contributed by atoms with van der Waals surface area (Å²) in [5.74, 6) is 6.12. The van der Waals surface area contributed by atoms with E-state index in [0.29, 0.717) is 35.2 Å². The summed E-state index contributed by atoms with van der Waals surface area (Å²) in [7, 11) is 0. The lowest BCUT2D eigenvalue weighted by Crippen LogP contribution is -2.04. The van der Waals surface area contributed by atoms with Crippen molar-refractivity contribution in [2.24, 2.45) is 0 Å². The first-order valence-electron chi connectivity index (χ1n) is 6.91. The smallest absolute Gasteiger partial charge is 0.306 e. The molecule has 2 aromatic heterocycles. The lowest BCUT2D eigenvalue weighted by molar-refractivity contribution is -0.142. The van der Waals surface area contributed by atoms with E-state index in [-0.39, 0.29) is 5.97 Å². The molecular formula is C16H14ClN3O2S. The molecule has 23 heavy (non-hydrogen) atoms. The molecule has 0 fully saturated rings. The molecule has 0 atom stereocenters. The zero-order valence-corrected chi connectivity index (χ0v) is 14.0. The molecule has 0 N–H and O–H groups in total. The molecule has 0 aromatic carbocycles. The van der Waals surface area contributed by atoms with Gasteiger partial charge in [0.15, 0.2) is 0 Å². The van der Waals surface area contributed by atoms with Crippen LogP contribution in [0.5, 0.6) is 0 Å². The highest BCUT2D eigenvalue weighted by molar-refractivity contribution is 7.99. The van der Waals surface area contributed by atoms with Gasteiger partial charge in [0, 0.05) is 29.2 Å². The largest absolute Gasteiger partial charge is 0.466 e. The topological polar surface area (TPSA) is 65.0 Å². The number of hydrogen-bond acceptors (Lipinski definition) is 6. The lowest BCUT2D eigenvalue weighted by Gasteiger charge is -2.05. The van der Waals surface area contributed by atoms with Crippen molar-refractivity contribution in [2.75, 3.05) is 12.4 Å². The van der Waals surface area contributed by atoms with Crippen LogP contribution in [0.1, 0.15) is 24.7 Å². The zero-order valence-electron chi connectivity index (χ0n) is 12.5. The number of esters is 1. The van der Waals surface area contributed by atoms with Crippen LogP contribution in [0.15, 0.2) is 35.7 Å². The first-order chi connectivity index (χ1) is 11.2. The summed E-state index contributed by atoms with van der Waals surface area (Å²) in [6.45, 7) is 2.18. The fraction of sp³-hybridized carbons (Fsp3) is 0.250. The van der Waals surface area contributed by atoms with Gasteiger partial charge in [0.2, 0.25) is 0 Å². The van der Waals surface area contributed by atoms with Crippen molar-refractivity contribution >= 4 is 29.3 Å². The molecule has 0 aliphatic rings. The van der Waals surface area contributed by atoms with Crippen molar-refractivity contribution < 1.29 is 9.53 Å². The number of carbonyl (C=O) groups is 1. The van der Waals surface area contributed by atoms with Gasteiger partial charge in [-0.2, -0.15) is 0 Å². The second-order valence-corrected chi connectivity index (χ2v) is 5.73. The van der Waals surface area contributed by atoms with Crippen LogP contribution >= 0.6 is 23.4 Å². The zero-order chi connectivity index (χ0) is 16.5. The second-order valence-electron chi connectivity index (χ2n) is 4.22. The Bertz CT molecular complexity index is 729. The minimum absolute atomic E-state index is 0.215. The minimum atomic E-state index is -0.215. The average molecular weight is 348 g/mol. The van der Waals surface area contributed by atoms with Crippen LogP contribution in [0.2, 0.25) is 5.02 Å². The van der Waals surface area contributed by atoms with Gasteiger partial charge in [-0.25, -0.2) is 9.97 Å². The first kappa shape index (κ1) is 17.3. The lowest BCUT2D eigenvalue weighted by atomic mass is 10.3. The van der Waals surface area contributed by atoms with Crippen LogP contribution in [-0.4, -0.2) is 33.3 Å². The fourth-order valence-corrected chi connectivity index (χ4v) is 2.78. The maximum atomic E-state index is 11.3. The van der Waals surface area contributed by atoms with Gasteiger partial charge in [-0.1, -0.05) is 11.6 Å². The van der Waals surface area contributed by atoms with Crippen molar-refractivity contribution in [2.45, 2.75) is 18.2 Å². The van der Waals surface area contributed by atoms with Crippen molar-refractivity contribution in [3.8, 4) is 11.8 Å². The van der Waals surface area contributed by atoms with Crippen molar-refractivity contribution in [1.29, 1.82) is 0 Å². The van der Waals surface area contributed by atoms with E-state index < -0.39 is 0 Å². The number of nitrogens with zero attached hydrogens (tertiary/aromatic N) is 3. The van der Waals surface area contributed by atoms with Gasteiger partial charge in [0.05, 0.1) is 24.2 Å². The summed E-state index contributed by atoms with van der Waals surface area (Å²) in [5.41, 5.74) is 1.02. The fourth-order valence-electron chi connectivity index (χ4n) is 1.59. The summed E-state index contributed by atoms with van der Waals surface area (Å²) in [6.07, 6.45) is 6.69. The maximum absolute atomic E-state index is 11.3. The molecule has 0 radical (unpaired) electrons. The number of pyridine rings is 1. The molecular weight excluding hydrogens is 334 g/mol. The van der Waals surface area contributed by atoms with E-state index in [2.05, 4.69) is 26.8 Å². The number of aromatic nitrogens is 3. The maximum Gasteiger partial charge on any atom is 0.306 e. The third-order valence-electron chi connectivity index (χ3n) is 2.60. The standard InChI is InChI=1S/C16H14ClN3O2S/c1-2-22-15(21)6-10-23-14-5-7-20-13(16(14)17)4-3-12-11-18-8-9-19-12/h5,7-9,11H,2,6,10H2,1H3. The Morgan fingerprint density at radius 1 is 1.30 bits per heavy atom. The van der Waals surface area contributed by atoms with Crippen molar-refractivity contribution in [3.05, 3.63) is 47.3 Å². The van der Waals surface area contributed by atoms with Gasteiger partial charge in [-0.3, -0.25) is 9.78 Å². The predicted molar refractivity (Wildman–Crippen MR) is 89.2 cm³/mol. The summed E-state index contributed by atoms with van der Waals surface area (Å²) in [4.78, 5) is 24.3. The number of hydrogen-bond donors (Lipinski definition) is 0. The molecule has 2 rings (SSSR count). The number of halogens is 1. The number of thioether (sulfide) groups is 1. The molecule has 0 spiro atoms. The SMILES string of the molecule is CCOC(=O)CCSc1ccnc(C#Cc2cnccn2)c1Cl. The third kappa shape index (κ3) is 5.55. The molecule has 118 valence electrons. The summed E-state index contributed by atoms with van der Waals surface area (Å²) < 4.78 is 4.89. The van der Waals surface area contributed by atoms with E-state index in [9.17, 15) is 4.79 Å². The molecule has 0 unspecified atom stereocenters. The van der Waals surface area contributed by atoms with Crippen molar-refractivity contribution in [1.82, 2.24) is 15.0 Å². The molecule has 2 heterocycles. The molecule has 0 saturated heterocycles. The second kappa shape index (κ2) is 9.13. The Morgan fingerprint density at radius 2 is 2.17 bits per heavy atom. The Kier molecular flexibility index (Phi) is 6.85. The summed E-state index contributed by atoms with van der Waals surface area (Å²) >= 11 is 7.78. The van der Waals surface area contributed by atoms with Crippen LogP contribution in [0, 0.1) is 11.8 Å². The number of carbonyl (C=O) groups excluding carboxylic acids is 1. The van der Waals surface area contributed by atoms with Gasteiger partial charge in [0.1, 0.15) is 11.4 Å². The monoisotopic (exact) mass is 347 g/mol. The Balaban J connectivity index is 2.04. The molecule has 0 amide bonds. The Labute approximate surface area is 143 Å². The van der Waals surface area contributed by atoms with Gasteiger partial charge in [-0.15, -0.1) is 11.8 Å².